The van der Waals surface area contributed by atoms with Crippen LogP contribution >= 0.6 is 27.5 Å². The van der Waals surface area contributed by atoms with Gasteiger partial charge in [-0.15, -0.1) is 0 Å². The van der Waals surface area contributed by atoms with Gasteiger partial charge in [0.15, 0.2) is 0 Å². The second-order valence-corrected chi connectivity index (χ2v) is 5.61. The molecule has 0 aliphatic carbocycles. The Balaban J connectivity index is 2.07. The summed E-state index contributed by atoms with van der Waals surface area (Å²) in [5.74, 6) is 0.883. The van der Waals surface area contributed by atoms with Gasteiger partial charge in [-0.2, -0.15) is 9.36 Å². The standard InChI is InChI=1S/C12H10BrN5OS/c1-6-8(12(14-2)20-18-6)11-16-10(17-19-11)9-7(13)4-3-5-15-9/h3-5,14H,1-2H3. The second-order valence-electron chi connectivity index (χ2n) is 3.98. The molecule has 0 aliphatic heterocycles. The third kappa shape index (κ3) is 2.20. The zero-order valence-corrected chi connectivity index (χ0v) is 13.1. The molecule has 0 amide bonds. The van der Waals surface area contributed by atoms with Crippen LogP contribution in [0.25, 0.3) is 23.0 Å². The number of anilines is 1. The van der Waals surface area contributed by atoms with E-state index in [9.17, 15) is 0 Å². The molecule has 102 valence electrons. The van der Waals surface area contributed by atoms with Crippen LogP contribution in [0.1, 0.15) is 5.69 Å². The Kier molecular flexibility index (Phi) is 3.49. The lowest BCUT2D eigenvalue weighted by atomic mass is 10.2. The summed E-state index contributed by atoms with van der Waals surface area (Å²) in [5, 5.41) is 7.97. The summed E-state index contributed by atoms with van der Waals surface area (Å²) >= 11 is 4.79. The van der Waals surface area contributed by atoms with E-state index in [1.807, 2.05) is 26.1 Å². The van der Waals surface area contributed by atoms with Crippen LogP contribution in [-0.2, 0) is 0 Å². The van der Waals surface area contributed by atoms with E-state index in [4.69, 9.17) is 4.52 Å². The van der Waals surface area contributed by atoms with Crippen LogP contribution in [0.15, 0.2) is 27.3 Å². The fourth-order valence-corrected chi connectivity index (χ4v) is 2.93. The van der Waals surface area contributed by atoms with Crippen molar-refractivity contribution in [3.8, 4) is 23.0 Å². The molecule has 0 unspecified atom stereocenters. The van der Waals surface area contributed by atoms with Gasteiger partial charge < -0.3 is 9.84 Å². The van der Waals surface area contributed by atoms with Crippen molar-refractivity contribution >= 4 is 32.5 Å². The SMILES string of the molecule is CNc1snc(C)c1-c1nc(-c2ncccc2Br)no1. The summed E-state index contributed by atoms with van der Waals surface area (Å²) in [6.45, 7) is 1.91. The molecule has 0 fully saturated rings. The minimum atomic E-state index is 0.438. The molecule has 0 aliphatic rings. The first-order chi connectivity index (χ1) is 9.70. The minimum Gasteiger partial charge on any atom is -0.378 e. The Morgan fingerprint density at radius 2 is 2.25 bits per heavy atom. The van der Waals surface area contributed by atoms with Crippen LogP contribution in [0, 0.1) is 6.92 Å². The van der Waals surface area contributed by atoms with Crippen LogP contribution in [0.2, 0.25) is 0 Å². The largest absolute Gasteiger partial charge is 0.378 e. The highest BCUT2D eigenvalue weighted by atomic mass is 79.9. The number of rotatable bonds is 3. The summed E-state index contributed by atoms with van der Waals surface area (Å²) in [6, 6.07) is 3.72. The Bertz CT molecular complexity index is 754. The number of hydrogen-bond acceptors (Lipinski definition) is 7. The maximum Gasteiger partial charge on any atom is 0.263 e. The second kappa shape index (κ2) is 5.29. The first kappa shape index (κ1) is 13.2. The number of aromatic nitrogens is 4. The number of hydrogen-bond donors (Lipinski definition) is 1. The van der Waals surface area contributed by atoms with Crippen LogP contribution in [0.4, 0.5) is 5.00 Å². The molecule has 20 heavy (non-hydrogen) atoms. The van der Waals surface area contributed by atoms with Gasteiger partial charge in [-0.3, -0.25) is 4.98 Å². The van der Waals surface area contributed by atoms with Gasteiger partial charge >= 0.3 is 0 Å². The Hall–Kier alpha value is -1.80. The highest BCUT2D eigenvalue weighted by molar-refractivity contribution is 9.10. The number of nitrogens with one attached hydrogen (secondary N) is 1. The van der Waals surface area contributed by atoms with Crippen molar-refractivity contribution in [2.24, 2.45) is 0 Å². The molecule has 0 aromatic carbocycles. The van der Waals surface area contributed by atoms with Crippen molar-refractivity contribution in [1.82, 2.24) is 19.5 Å². The fraction of sp³-hybridized carbons (Fsp3) is 0.167. The van der Waals surface area contributed by atoms with Crippen molar-refractivity contribution < 1.29 is 4.52 Å². The summed E-state index contributed by atoms with van der Waals surface area (Å²) in [6.07, 6.45) is 1.69. The molecule has 3 aromatic heterocycles. The van der Waals surface area contributed by atoms with Crippen LogP contribution < -0.4 is 5.32 Å². The zero-order chi connectivity index (χ0) is 14.1. The van der Waals surface area contributed by atoms with Gasteiger partial charge in [0, 0.05) is 17.7 Å². The predicted octanol–water partition coefficient (Wildman–Crippen LogP) is 3.37. The summed E-state index contributed by atoms with van der Waals surface area (Å²) < 4.78 is 10.5. The Morgan fingerprint density at radius 3 is 3.00 bits per heavy atom. The van der Waals surface area contributed by atoms with Gasteiger partial charge in [-0.05, 0) is 46.5 Å². The van der Waals surface area contributed by atoms with Gasteiger partial charge in [0.25, 0.3) is 5.89 Å². The maximum atomic E-state index is 5.35. The molecule has 0 spiro atoms. The topological polar surface area (TPSA) is 76.7 Å². The molecule has 8 heteroatoms. The fourth-order valence-electron chi connectivity index (χ4n) is 1.76. The minimum absolute atomic E-state index is 0.438. The van der Waals surface area contributed by atoms with E-state index in [2.05, 4.69) is 40.7 Å². The quantitative estimate of drug-likeness (QED) is 0.779. The van der Waals surface area contributed by atoms with Crippen LogP contribution in [-0.4, -0.2) is 26.5 Å². The molecule has 0 saturated heterocycles. The van der Waals surface area contributed by atoms with Crippen molar-refractivity contribution in [3.05, 3.63) is 28.5 Å². The van der Waals surface area contributed by atoms with Crippen LogP contribution in [0.5, 0.6) is 0 Å². The number of pyridine rings is 1. The molecule has 0 saturated carbocycles. The Labute approximate surface area is 127 Å². The van der Waals surface area contributed by atoms with E-state index >= 15 is 0 Å². The van der Waals surface area contributed by atoms with E-state index in [-0.39, 0.29) is 0 Å². The van der Waals surface area contributed by atoms with Gasteiger partial charge in [0.05, 0.1) is 11.3 Å². The average Bonchev–Trinajstić information content (AvgIpc) is 3.05. The summed E-state index contributed by atoms with van der Waals surface area (Å²) in [5.41, 5.74) is 2.34. The molecule has 0 atom stereocenters. The van der Waals surface area contributed by atoms with E-state index in [1.165, 1.54) is 11.5 Å². The van der Waals surface area contributed by atoms with E-state index in [0.717, 1.165) is 20.7 Å². The zero-order valence-electron chi connectivity index (χ0n) is 10.7. The van der Waals surface area contributed by atoms with E-state index < -0.39 is 0 Å². The molecule has 3 rings (SSSR count). The maximum absolute atomic E-state index is 5.35. The van der Waals surface area contributed by atoms with Crippen molar-refractivity contribution in [3.63, 3.8) is 0 Å². The molecule has 3 aromatic rings. The third-order valence-corrected chi connectivity index (χ3v) is 4.30. The van der Waals surface area contributed by atoms with E-state index in [1.54, 1.807) is 6.20 Å². The summed E-state index contributed by atoms with van der Waals surface area (Å²) in [4.78, 5) is 8.66. The number of nitrogens with zero attached hydrogens (tertiary/aromatic N) is 4. The van der Waals surface area contributed by atoms with Crippen molar-refractivity contribution in [2.75, 3.05) is 12.4 Å². The lowest BCUT2D eigenvalue weighted by molar-refractivity contribution is 0.432. The smallest absolute Gasteiger partial charge is 0.263 e. The highest BCUT2D eigenvalue weighted by Gasteiger charge is 2.20. The van der Waals surface area contributed by atoms with Gasteiger partial charge in [0.2, 0.25) is 5.82 Å². The molecule has 0 radical (unpaired) electrons. The van der Waals surface area contributed by atoms with Crippen molar-refractivity contribution in [1.29, 1.82) is 0 Å². The van der Waals surface area contributed by atoms with Gasteiger partial charge in [-0.25, -0.2) is 0 Å². The van der Waals surface area contributed by atoms with Gasteiger partial charge in [0.1, 0.15) is 10.7 Å². The lowest BCUT2D eigenvalue weighted by Crippen LogP contribution is -1.89. The van der Waals surface area contributed by atoms with E-state index in [0.29, 0.717) is 17.4 Å². The van der Waals surface area contributed by atoms with Crippen molar-refractivity contribution in [2.45, 2.75) is 6.92 Å². The molecule has 1 N–H and O–H groups in total. The third-order valence-electron chi connectivity index (χ3n) is 2.70. The number of aryl methyl sites for hydroxylation is 1. The van der Waals surface area contributed by atoms with Crippen LogP contribution in [0.3, 0.4) is 0 Å². The predicted molar refractivity (Wildman–Crippen MR) is 80.6 cm³/mol. The number of halogens is 1. The molecule has 0 bridgehead atoms. The highest BCUT2D eigenvalue weighted by Crippen LogP contribution is 2.34. The first-order valence-corrected chi connectivity index (χ1v) is 7.36. The van der Waals surface area contributed by atoms with Gasteiger partial charge in [-0.1, -0.05) is 5.16 Å². The lowest BCUT2D eigenvalue weighted by Gasteiger charge is -1.97. The molecule has 6 nitrogen and oxygen atoms in total. The molecular weight excluding hydrogens is 342 g/mol. The summed E-state index contributed by atoms with van der Waals surface area (Å²) in [7, 11) is 1.84. The molecular formula is C12H10BrN5OS. The Morgan fingerprint density at radius 1 is 1.40 bits per heavy atom. The monoisotopic (exact) mass is 351 g/mol. The average molecular weight is 352 g/mol. The first-order valence-electron chi connectivity index (χ1n) is 5.79. The normalized spacial score (nSPS) is 10.8. The molecule has 3 heterocycles.